The SMILES string of the molecule is C[C@@](O)(C(=O)NCC1C2CNC[C@@H]21)c1ccccc1. The van der Waals surface area contributed by atoms with E-state index in [4.69, 9.17) is 0 Å². The third kappa shape index (κ3) is 2.26. The molecule has 1 aliphatic heterocycles. The predicted octanol–water partition coefficient (Wildman–Crippen LogP) is 0.476. The number of nitrogens with one attached hydrogen (secondary N) is 2. The van der Waals surface area contributed by atoms with Gasteiger partial charge in [0.15, 0.2) is 5.60 Å². The third-order valence-corrected chi connectivity index (χ3v) is 4.55. The lowest BCUT2D eigenvalue weighted by molar-refractivity contribution is -0.139. The van der Waals surface area contributed by atoms with Gasteiger partial charge in [0.05, 0.1) is 0 Å². The molecule has 1 saturated carbocycles. The summed E-state index contributed by atoms with van der Waals surface area (Å²) in [7, 11) is 0. The van der Waals surface area contributed by atoms with Gasteiger partial charge in [0, 0.05) is 6.54 Å². The highest BCUT2D eigenvalue weighted by atomic mass is 16.3. The monoisotopic (exact) mass is 260 g/mol. The van der Waals surface area contributed by atoms with E-state index in [1.54, 1.807) is 19.1 Å². The number of aliphatic hydroxyl groups is 1. The third-order valence-electron chi connectivity index (χ3n) is 4.55. The highest BCUT2D eigenvalue weighted by Gasteiger charge is 2.52. The molecule has 4 atom stereocenters. The number of benzene rings is 1. The molecule has 1 aromatic rings. The minimum atomic E-state index is -1.45. The van der Waals surface area contributed by atoms with Gasteiger partial charge in [-0.3, -0.25) is 4.79 Å². The zero-order valence-electron chi connectivity index (χ0n) is 11.1. The van der Waals surface area contributed by atoms with Gasteiger partial charge in [-0.2, -0.15) is 0 Å². The average molecular weight is 260 g/mol. The average Bonchev–Trinajstić information content (AvgIpc) is 2.85. The lowest BCUT2D eigenvalue weighted by Crippen LogP contribution is -2.43. The molecular weight excluding hydrogens is 240 g/mol. The summed E-state index contributed by atoms with van der Waals surface area (Å²) in [5.74, 6) is 1.73. The van der Waals surface area contributed by atoms with E-state index in [-0.39, 0.29) is 5.91 Å². The maximum atomic E-state index is 12.1. The molecule has 3 N–H and O–H groups in total. The molecule has 1 heterocycles. The highest BCUT2D eigenvalue weighted by Crippen LogP contribution is 2.48. The van der Waals surface area contributed by atoms with Crippen LogP contribution >= 0.6 is 0 Å². The van der Waals surface area contributed by atoms with E-state index in [2.05, 4.69) is 10.6 Å². The molecule has 2 unspecified atom stereocenters. The van der Waals surface area contributed by atoms with E-state index in [0.29, 0.717) is 18.0 Å². The molecule has 1 saturated heterocycles. The van der Waals surface area contributed by atoms with Crippen molar-refractivity contribution in [3.63, 3.8) is 0 Å². The van der Waals surface area contributed by atoms with Crippen molar-refractivity contribution in [1.82, 2.24) is 10.6 Å². The summed E-state index contributed by atoms with van der Waals surface area (Å²) in [6.45, 7) is 4.37. The van der Waals surface area contributed by atoms with Gasteiger partial charge in [-0.15, -0.1) is 0 Å². The van der Waals surface area contributed by atoms with Crippen LogP contribution in [0, 0.1) is 17.8 Å². The number of rotatable bonds is 4. The van der Waals surface area contributed by atoms with Crippen LogP contribution in [-0.4, -0.2) is 30.6 Å². The van der Waals surface area contributed by atoms with Crippen molar-refractivity contribution in [2.45, 2.75) is 12.5 Å². The summed E-state index contributed by atoms with van der Waals surface area (Å²) in [6, 6.07) is 9.07. The number of hydrogen-bond acceptors (Lipinski definition) is 3. The maximum absolute atomic E-state index is 12.1. The van der Waals surface area contributed by atoms with E-state index < -0.39 is 5.60 Å². The van der Waals surface area contributed by atoms with Crippen LogP contribution in [0.4, 0.5) is 0 Å². The molecule has 2 aliphatic rings. The van der Waals surface area contributed by atoms with Crippen LogP contribution in [0.5, 0.6) is 0 Å². The molecule has 0 aromatic heterocycles. The van der Waals surface area contributed by atoms with Gasteiger partial charge >= 0.3 is 0 Å². The second-order valence-electron chi connectivity index (χ2n) is 5.80. The summed E-state index contributed by atoms with van der Waals surface area (Å²) in [6.07, 6.45) is 0. The minimum absolute atomic E-state index is 0.309. The van der Waals surface area contributed by atoms with Crippen LogP contribution in [-0.2, 0) is 10.4 Å². The molecule has 1 aromatic carbocycles. The molecular formula is C15H20N2O2. The summed E-state index contributed by atoms with van der Waals surface area (Å²) < 4.78 is 0. The zero-order chi connectivity index (χ0) is 13.5. The van der Waals surface area contributed by atoms with Crippen molar-refractivity contribution in [1.29, 1.82) is 0 Å². The Bertz CT molecular complexity index is 462. The molecule has 1 amide bonds. The zero-order valence-corrected chi connectivity index (χ0v) is 11.1. The van der Waals surface area contributed by atoms with Crippen molar-refractivity contribution in [3.05, 3.63) is 35.9 Å². The number of amides is 1. The van der Waals surface area contributed by atoms with Crippen LogP contribution in [0.1, 0.15) is 12.5 Å². The normalized spacial score (nSPS) is 31.4. The Labute approximate surface area is 113 Å². The van der Waals surface area contributed by atoms with E-state index >= 15 is 0 Å². The minimum Gasteiger partial charge on any atom is -0.376 e. The van der Waals surface area contributed by atoms with Crippen molar-refractivity contribution in [3.8, 4) is 0 Å². The highest BCUT2D eigenvalue weighted by molar-refractivity contribution is 5.85. The number of piperidine rings is 1. The van der Waals surface area contributed by atoms with Gasteiger partial charge in [-0.1, -0.05) is 30.3 Å². The molecule has 102 valence electrons. The van der Waals surface area contributed by atoms with Crippen LogP contribution in [0.2, 0.25) is 0 Å². The number of hydrogen-bond donors (Lipinski definition) is 3. The summed E-state index contributed by atoms with van der Waals surface area (Å²) in [5, 5.41) is 16.6. The molecule has 19 heavy (non-hydrogen) atoms. The molecule has 0 spiro atoms. The first kappa shape index (κ1) is 12.6. The van der Waals surface area contributed by atoms with Gasteiger partial charge in [-0.05, 0) is 43.3 Å². The summed E-state index contributed by atoms with van der Waals surface area (Å²) in [4.78, 5) is 12.1. The van der Waals surface area contributed by atoms with Gasteiger partial charge in [0.2, 0.25) is 0 Å². The quantitative estimate of drug-likeness (QED) is 0.738. The Kier molecular flexibility index (Phi) is 3.07. The lowest BCUT2D eigenvalue weighted by Gasteiger charge is -2.23. The van der Waals surface area contributed by atoms with Crippen molar-refractivity contribution < 1.29 is 9.90 Å². The second kappa shape index (κ2) is 4.62. The van der Waals surface area contributed by atoms with Crippen molar-refractivity contribution >= 4 is 5.91 Å². The van der Waals surface area contributed by atoms with Crippen LogP contribution in [0.3, 0.4) is 0 Å². The Hall–Kier alpha value is -1.39. The fourth-order valence-corrected chi connectivity index (χ4v) is 3.13. The Morgan fingerprint density at radius 1 is 1.37 bits per heavy atom. The molecule has 1 aliphatic carbocycles. The standard InChI is InChI=1S/C15H20N2O2/c1-15(19,10-5-3-2-4-6-10)14(18)17-9-13-11-7-16-8-12(11)13/h2-6,11-13,16,19H,7-9H2,1H3,(H,17,18)/t11-,12?,13?,15-/m0/s1. The van der Waals surface area contributed by atoms with E-state index in [0.717, 1.165) is 24.9 Å². The van der Waals surface area contributed by atoms with Gasteiger partial charge in [0.25, 0.3) is 5.91 Å². The second-order valence-corrected chi connectivity index (χ2v) is 5.80. The molecule has 2 fully saturated rings. The Morgan fingerprint density at radius 3 is 2.63 bits per heavy atom. The summed E-state index contributed by atoms with van der Waals surface area (Å²) >= 11 is 0. The van der Waals surface area contributed by atoms with Gasteiger partial charge in [-0.25, -0.2) is 0 Å². The first-order valence-corrected chi connectivity index (χ1v) is 6.87. The van der Waals surface area contributed by atoms with E-state index in [1.165, 1.54) is 0 Å². The van der Waals surface area contributed by atoms with Crippen LogP contribution < -0.4 is 10.6 Å². The van der Waals surface area contributed by atoms with Crippen molar-refractivity contribution in [2.75, 3.05) is 19.6 Å². The summed E-state index contributed by atoms with van der Waals surface area (Å²) in [5.41, 5.74) is -0.825. The molecule has 0 radical (unpaired) electrons. The predicted molar refractivity (Wildman–Crippen MR) is 72.4 cm³/mol. The van der Waals surface area contributed by atoms with Gasteiger partial charge in [0.1, 0.15) is 0 Å². The van der Waals surface area contributed by atoms with E-state index in [9.17, 15) is 9.90 Å². The fourth-order valence-electron chi connectivity index (χ4n) is 3.13. The van der Waals surface area contributed by atoms with Gasteiger partial charge < -0.3 is 15.7 Å². The topological polar surface area (TPSA) is 61.4 Å². The first-order chi connectivity index (χ1) is 9.10. The molecule has 0 bridgehead atoms. The lowest BCUT2D eigenvalue weighted by atomic mass is 9.95. The van der Waals surface area contributed by atoms with Crippen LogP contribution in [0.25, 0.3) is 0 Å². The molecule has 4 nitrogen and oxygen atoms in total. The molecule has 3 rings (SSSR count). The van der Waals surface area contributed by atoms with Crippen molar-refractivity contribution in [2.24, 2.45) is 17.8 Å². The number of carbonyl (C=O) groups excluding carboxylic acids is 1. The van der Waals surface area contributed by atoms with Crippen LogP contribution in [0.15, 0.2) is 30.3 Å². The Balaban J connectivity index is 1.57. The fraction of sp³-hybridized carbons (Fsp3) is 0.533. The first-order valence-electron chi connectivity index (χ1n) is 6.87. The number of carbonyl (C=O) groups is 1. The molecule has 4 heteroatoms. The van der Waals surface area contributed by atoms with E-state index in [1.807, 2.05) is 18.2 Å². The Morgan fingerprint density at radius 2 is 2.00 bits per heavy atom. The smallest absolute Gasteiger partial charge is 0.256 e. The largest absolute Gasteiger partial charge is 0.376 e. The number of fused-ring (bicyclic) bond motifs is 1. The maximum Gasteiger partial charge on any atom is 0.256 e.